The molecule has 1 aromatic carbocycles. The Morgan fingerprint density at radius 3 is 2.53 bits per heavy atom. The molecule has 0 spiro atoms. The second-order valence-corrected chi connectivity index (χ2v) is 4.40. The zero-order valence-corrected chi connectivity index (χ0v) is 12.5. The van der Waals surface area contributed by atoms with E-state index in [0.717, 1.165) is 0 Å². The molecule has 0 fully saturated rings. The Hall–Kier alpha value is -1.56. The van der Waals surface area contributed by atoms with Crippen molar-refractivity contribution in [1.82, 2.24) is 0 Å². The van der Waals surface area contributed by atoms with Crippen LogP contribution in [0.3, 0.4) is 0 Å². The van der Waals surface area contributed by atoms with Crippen LogP contribution in [-0.4, -0.2) is 31.7 Å². The third-order valence-corrected chi connectivity index (χ3v) is 2.88. The Labute approximate surface area is 120 Å². The summed E-state index contributed by atoms with van der Waals surface area (Å²) in [5.41, 5.74) is 0.898. The first-order valence-electron chi connectivity index (χ1n) is 5.95. The molecule has 0 saturated heterocycles. The minimum atomic E-state index is -0.443. The van der Waals surface area contributed by atoms with Gasteiger partial charge in [-0.15, -0.1) is 0 Å². The summed E-state index contributed by atoms with van der Waals surface area (Å²) in [5, 5.41) is 2.87. The van der Waals surface area contributed by atoms with Gasteiger partial charge < -0.3 is 14.8 Å². The SMILES string of the molecule is CCOC(=O)CNc1cccc(Br)c1C(=O)OCC. The summed E-state index contributed by atoms with van der Waals surface area (Å²) in [5.74, 6) is -0.821. The Bertz CT molecular complexity index is 462. The number of carbonyl (C=O) groups is 2. The smallest absolute Gasteiger partial charge is 0.341 e. The highest BCUT2D eigenvalue weighted by molar-refractivity contribution is 9.10. The second-order valence-electron chi connectivity index (χ2n) is 3.54. The van der Waals surface area contributed by atoms with Gasteiger partial charge in [-0.25, -0.2) is 4.79 Å². The number of anilines is 1. The molecule has 0 amide bonds. The molecule has 0 heterocycles. The predicted molar refractivity (Wildman–Crippen MR) is 75.2 cm³/mol. The molecule has 1 aromatic rings. The quantitative estimate of drug-likeness (QED) is 0.812. The minimum absolute atomic E-state index is 0.00328. The number of benzene rings is 1. The van der Waals surface area contributed by atoms with Gasteiger partial charge in [-0.3, -0.25) is 4.79 Å². The molecule has 0 unspecified atom stereocenters. The lowest BCUT2D eigenvalue weighted by Crippen LogP contribution is -2.19. The molecule has 1 rings (SSSR count). The first-order valence-corrected chi connectivity index (χ1v) is 6.74. The molecule has 0 radical (unpaired) electrons. The Morgan fingerprint density at radius 1 is 1.21 bits per heavy atom. The van der Waals surface area contributed by atoms with E-state index in [0.29, 0.717) is 22.3 Å². The first kappa shape index (κ1) is 15.5. The number of ether oxygens (including phenoxy) is 2. The van der Waals surface area contributed by atoms with Crippen LogP contribution in [0, 0.1) is 0 Å². The average Bonchev–Trinajstić information content (AvgIpc) is 2.37. The highest BCUT2D eigenvalue weighted by atomic mass is 79.9. The van der Waals surface area contributed by atoms with Gasteiger partial charge in [0.1, 0.15) is 6.54 Å². The highest BCUT2D eigenvalue weighted by Crippen LogP contribution is 2.25. The third kappa shape index (κ3) is 4.55. The number of rotatable bonds is 6. The van der Waals surface area contributed by atoms with E-state index >= 15 is 0 Å². The van der Waals surface area contributed by atoms with Gasteiger partial charge in [0, 0.05) is 4.47 Å². The summed E-state index contributed by atoms with van der Waals surface area (Å²) in [4.78, 5) is 23.1. The van der Waals surface area contributed by atoms with Crippen LogP contribution in [0.4, 0.5) is 5.69 Å². The molecule has 5 nitrogen and oxygen atoms in total. The fourth-order valence-corrected chi connectivity index (χ4v) is 1.99. The van der Waals surface area contributed by atoms with E-state index in [-0.39, 0.29) is 19.1 Å². The largest absolute Gasteiger partial charge is 0.465 e. The zero-order chi connectivity index (χ0) is 14.3. The zero-order valence-electron chi connectivity index (χ0n) is 10.9. The standard InChI is InChI=1S/C13H16BrNO4/c1-3-18-11(16)8-15-10-7-5-6-9(14)12(10)13(17)19-4-2/h5-7,15H,3-4,8H2,1-2H3. The van der Waals surface area contributed by atoms with Crippen molar-refractivity contribution in [2.45, 2.75) is 13.8 Å². The maximum Gasteiger partial charge on any atom is 0.341 e. The summed E-state index contributed by atoms with van der Waals surface area (Å²) in [6, 6.07) is 5.21. The van der Waals surface area contributed by atoms with Crippen LogP contribution in [0.1, 0.15) is 24.2 Å². The topological polar surface area (TPSA) is 64.6 Å². The molecule has 0 atom stereocenters. The van der Waals surface area contributed by atoms with Crippen molar-refractivity contribution < 1.29 is 19.1 Å². The van der Waals surface area contributed by atoms with Crippen LogP contribution in [0.5, 0.6) is 0 Å². The lowest BCUT2D eigenvalue weighted by atomic mass is 10.2. The second kappa shape index (κ2) is 7.78. The van der Waals surface area contributed by atoms with Gasteiger partial charge in [-0.05, 0) is 41.9 Å². The van der Waals surface area contributed by atoms with Crippen molar-refractivity contribution in [3.63, 3.8) is 0 Å². The summed E-state index contributed by atoms with van der Waals surface area (Å²) in [6.07, 6.45) is 0. The van der Waals surface area contributed by atoms with Gasteiger partial charge in [0.15, 0.2) is 0 Å². The fraction of sp³-hybridized carbons (Fsp3) is 0.385. The van der Waals surface area contributed by atoms with Crippen LogP contribution in [0.25, 0.3) is 0 Å². The van der Waals surface area contributed by atoms with Gasteiger partial charge in [-0.2, -0.15) is 0 Å². The van der Waals surface area contributed by atoms with Gasteiger partial charge in [0.2, 0.25) is 0 Å². The van der Waals surface area contributed by atoms with E-state index in [1.54, 1.807) is 32.0 Å². The Morgan fingerprint density at radius 2 is 1.89 bits per heavy atom. The van der Waals surface area contributed by atoms with E-state index in [2.05, 4.69) is 21.2 Å². The Kier molecular flexibility index (Phi) is 6.35. The van der Waals surface area contributed by atoms with E-state index in [9.17, 15) is 9.59 Å². The molecule has 0 bridgehead atoms. The fourth-order valence-electron chi connectivity index (χ4n) is 1.46. The third-order valence-electron chi connectivity index (χ3n) is 2.22. The van der Waals surface area contributed by atoms with Crippen LogP contribution in [0.2, 0.25) is 0 Å². The van der Waals surface area contributed by atoms with Crippen molar-refractivity contribution in [3.05, 3.63) is 28.2 Å². The van der Waals surface area contributed by atoms with Gasteiger partial charge in [0.05, 0.1) is 24.5 Å². The molecule has 0 aliphatic rings. The van der Waals surface area contributed by atoms with E-state index < -0.39 is 5.97 Å². The molecule has 6 heteroatoms. The molecule has 0 aromatic heterocycles. The first-order chi connectivity index (χ1) is 9.10. The summed E-state index contributed by atoms with van der Waals surface area (Å²) < 4.78 is 10.4. The lowest BCUT2D eigenvalue weighted by Gasteiger charge is -2.12. The highest BCUT2D eigenvalue weighted by Gasteiger charge is 2.16. The van der Waals surface area contributed by atoms with Crippen LogP contribution in [0.15, 0.2) is 22.7 Å². The van der Waals surface area contributed by atoms with Crippen molar-refractivity contribution >= 4 is 33.6 Å². The summed E-state index contributed by atoms with van der Waals surface area (Å²) in [7, 11) is 0. The van der Waals surface area contributed by atoms with Gasteiger partial charge in [-0.1, -0.05) is 6.07 Å². The van der Waals surface area contributed by atoms with Crippen molar-refractivity contribution in [1.29, 1.82) is 0 Å². The normalized spacial score (nSPS) is 9.84. The predicted octanol–water partition coefficient (Wildman–Crippen LogP) is 2.60. The number of nitrogens with one attached hydrogen (secondary N) is 1. The lowest BCUT2D eigenvalue weighted by molar-refractivity contribution is -0.140. The average molecular weight is 330 g/mol. The molecule has 19 heavy (non-hydrogen) atoms. The molecular weight excluding hydrogens is 314 g/mol. The number of hydrogen-bond donors (Lipinski definition) is 1. The van der Waals surface area contributed by atoms with Crippen LogP contribution >= 0.6 is 15.9 Å². The number of hydrogen-bond acceptors (Lipinski definition) is 5. The van der Waals surface area contributed by atoms with Crippen LogP contribution in [-0.2, 0) is 14.3 Å². The summed E-state index contributed by atoms with van der Waals surface area (Å²) >= 11 is 3.30. The van der Waals surface area contributed by atoms with Crippen molar-refractivity contribution in [2.75, 3.05) is 25.1 Å². The monoisotopic (exact) mass is 329 g/mol. The van der Waals surface area contributed by atoms with Crippen molar-refractivity contribution in [3.8, 4) is 0 Å². The van der Waals surface area contributed by atoms with E-state index in [1.165, 1.54) is 0 Å². The van der Waals surface area contributed by atoms with Gasteiger partial charge in [0.25, 0.3) is 0 Å². The van der Waals surface area contributed by atoms with Crippen LogP contribution < -0.4 is 5.32 Å². The van der Waals surface area contributed by atoms with E-state index in [4.69, 9.17) is 9.47 Å². The molecule has 104 valence electrons. The molecule has 0 aliphatic carbocycles. The summed E-state index contributed by atoms with van der Waals surface area (Å²) in [6.45, 7) is 4.08. The Balaban J connectivity index is 2.85. The molecular formula is C13H16BrNO4. The molecule has 0 aliphatic heterocycles. The number of esters is 2. The van der Waals surface area contributed by atoms with Crippen molar-refractivity contribution in [2.24, 2.45) is 0 Å². The molecule has 0 saturated carbocycles. The maximum atomic E-state index is 11.8. The maximum absolute atomic E-state index is 11.8. The van der Waals surface area contributed by atoms with Gasteiger partial charge >= 0.3 is 11.9 Å². The number of halogens is 1. The molecule has 1 N–H and O–H groups in total. The number of carbonyl (C=O) groups excluding carboxylic acids is 2. The van der Waals surface area contributed by atoms with E-state index in [1.807, 2.05) is 0 Å². The minimum Gasteiger partial charge on any atom is -0.465 e.